The molecule has 0 aliphatic heterocycles. The number of hydrogen-bond acceptors (Lipinski definition) is 1. The number of unbranched alkanes of at least 4 members (excludes halogenated alkanes) is 1. The molecule has 0 unspecified atom stereocenters. The van der Waals surface area contributed by atoms with Crippen molar-refractivity contribution < 1.29 is 43.0 Å². The van der Waals surface area contributed by atoms with Gasteiger partial charge in [0.2, 0.25) is 0 Å². The number of nitroso groups, excluding NO2 is 1. The van der Waals surface area contributed by atoms with E-state index >= 15 is 0 Å². The molecule has 10 radical (unpaired) electrons. The third-order valence-corrected chi connectivity index (χ3v) is 1.24. The van der Waals surface area contributed by atoms with Crippen LogP contribution < -0.4 is 5.59 Å². The van der Waals surface area contributed by atoms with Crippen LogP contribution in [0.15, 0.2) is 0 Å². The van der Waals surface area contributed by atoms with E-state index in [0.717, 1.165) is 0 Å². The Hall–Kier alpha value is -0.187. The molecule has 0 heterocycles. The first kappa shape index (κ1) is 33.4. The SMILES string of the molecule is C[CH][CH][CH]C(C)C.F[B-](F)(F)F.[C-]#[O+].[CH]1[CH][CH][CH][CH]1.[Mo+3].[N]=O. The summed E-state index contributed by atoms with van der Waals surface area (Å²) in [6.45, 7) is 10.9. The Kier molecular flexibility index (Phi) is 43.9. The van der Waals surface area contributed by atoms with Gasteiger partial charge < -0.3 is 17.3 Å². The van der Waals surface area contributed by atoms with Gasteiger partial charge in [0.15, 0.2) is 0 Å². The zero-order chi connectivity index (χ0) is 17.7. The van der Waals surface area contributed by atoms with E-state index in [1.807, 2.05) is 45.4 Å². The van der Waals surface area contributed by atoms with Gasteiger partial charge in [0, 0.05) is 0 Å². The molecular formula is C13H18BF4MoNO2+2. The fraction of sp³-hybridized carbons (Fsp3) is 0.308. The maximum absolute atomic E-state index is 9.75. The second-order valence-electron chi connectivity index (χ2n) is 3.42. The molecule has 1 fully saturated rings. The molecule has 0 aromatic heterocycles. The van der Waals surface area contributed by atoms with E-state index in [0.29, 0.717) is 5.92 Å². The van der Waals surface area contributed by atoms with Crippen molar-refractivity contribution in [2.45, 2.75) is 20.8 Å². The first-order valence-electron chi connectivity index (χ1n) is 5.66. The van der Waals surface area contributed by atoms with Gasteiger partial charge in [-0.2, -0.15) is 0 Å². The molecule has 1 rings (SSSR count). The van der Waals surface area contributed by atoms with Crippen LogP contribution in [0.3, 0.4) is 0 Å². The van der Waals surface area contributed by atoms with E-state index < -0.39 is 7.25 Å². The Labute approximate surface area is 145 Å². The molecule has 0 amide bonds. The first-order chi connectivity index (χ1) is 9.77. The Morgan fingerprint density at radius 3 is 1.32 bits per heavy atom. The summed E-state index contributed by atoms with van der Waals surface area (Å²) in [5.74, 6) is 0.691. The average molecular weight is 403 g/mol. The van der Waals surface area contributed by atoms with Crippen molar-refractivity contribution in [2.75, 3.05) is 0 Å². The topological polar surface area (TPSA) is 59.3 Å². The number of nitrogens with zero attached hydrogens (tertiary/aromatic N) is 1. The van der Waals surface area contributed by atoms with Gasteiger partial charge in [-0.05, 0) is 57.3 Å². The van der Waals surface area contributed by atoms with E-state index in [9.17, 15) is 17.3 Å². The van der Waals surface area contributed by atoms with Gasteiger partial charge in [0.05, 0.1) is 0 Å². The normalized spacial score (nSPS) is 11.7. The molecule has 3 nitrogen and oxygen atoms in total. The predicted molar refractivity (Wildman–Crippen MR) is 74.5 cm³/mol. The summed E-state index contributed by atoms with van der Waals surface area (Å²) in [5, 5.41) is 0. The fourth-order valence-corrected chi connectivity index (χ4v) is 0.654. The van der Waals surface area contributed by atoms with E-state index in [4.69, 9.17) is 15.2 Å². The molecule has 22 heavy (non-hydrogen) atoms. The molecule has 9 heteroatoms. The minimum Gasteiger partial charge on any atom is -0.120 e. The van der Waals surface area contributed by atoms with E-state index in [1.54, 1.807) is 0 Å². The van der Waals surface area contributed by atoms with E-state index in [1.165, 1.54) is 0 Å². The smallest absolute Gasteiger partial charge is 0.120 e. The van der Waals surface area contributed by atoms with Crippen LogP contribution in [0.2, 0.25) is 0 Å². The largest absolute Gasteiger partial charge is 3.00 e. The first-order valence-corrected chi connectivity index (χ1v) is 5.66. The van der Waals surface area contributed by atoms with Crippen molar-refractivity contribution in [2.24, 2.45) is 5.92 Å². The Bertz CT molecular complexity index is 191. The van der Waals surface area contributed by atoms with Gasteiger partial charge in [-0.3, -0.25) is 0 Å². The summed E-state index contributed by atoms with van der Waals surface area (Å²) < 4.78 is 46.5. The van der Waals surface area contributed by atoms with Crippen LogP contribution >= 0.6 is 0 Å². The molecule has 0 aromatic carbocycles. The van der Waals surface area contributed by atoms with E-state index in [-0.39, 0.29) is 21.1 Å². The molecule has 0 bridgehead atoms. The standard InChI is InChI=1S/C7H13.C5H5.CO.BF4.Mo.NO/c1-4-5-6-7(2)3;1-2-4-5-3-1;1-2;2-1(3,4)5;;1-2/h4-7H,1-3H3;1-5H;;;;/q;;;-1;+3;. The van der Waals surface area contributed by atoms with Crippen molar-refractivity contribution in [3.8, 4) is 0 Å². The molecule has 1 saturated carbocycles. The van der Waals surface area contributed by atoms with Crippen molar-refractivity contribution in [3.05, 3.63) is 62.9 Å². The fourth-order valence-electron chi connectivity index (χ4n) is 0.654. The minimum atomic E-state index is -6.00. The maximum Gasteiger partial charge on any atom is 3.00 e. The molecule has 1 aliphatic carbocycles. The van der Waals surface area contributed by atoms with Gasteiger partial charge >= 0.3 is 39.6 Å². The van der Waals surface area contributed by atoms with Crippen LogP contribution in [0.1, 0.15) is 20.8 Å². The van der Waals surface area contributed by atoms with Gasteiger partial charge in [-0.15, -0.1) is 4.91 Å². The number of hydrogen-bond donors (Lipinski definition) is 0. The molecule has 0 aromatic rings. The number of halogens is 4. The third-order valence-electron chi connectivity index (χ3n) is 1.24. The van der Waals surface area contributed by atoms with Crippen molar-refractivity contribution in [3.63, 3.8) is 0 Å². The van der Waals surface area contributed by atoms with Gasteiger partial charge in [0.25, 0.3) is 0 Å². The molecule has 122 valence electrons. The average Bonchev–Trinajstić information content (AvgIpc) is 2.98. The van der Waals surface area contributed by atoms with Crippen LogP contribution in [-0.2, 0) is 25.7 Å². The summed E-state index contributed by atoms with van der Waals surface area (Å²) in [5.41, 5.74) is 5.75. The Morgan fingerprint density at radius 2 is 1.23 bits per heavy atom. The third kappa shape index (κ3) is 90.3. The molecule has 0 saturated heterocycles. The zero-order valence-electron chi connectivity index (χ0n) is 12.5. The summed E-state index contributed by atoms with van der Waals surface area (Å²) in [6.07, 6.45) is 16.3. The van der Waals surface area contributed by atoms with Crippen molar-refractivity contribution >= 4 is 7.25 Å². The van der Waals surface area contributed by atoms with Crippen LogP contribution in [-0.4, -0.2) is 7.25 Å². The zero-order valence-corrected chi connectivity index (χ0v) is 14.5. The maximum atomic E-state index is 9.75. The van der Waals surface area contributed by atoms with Crippen LogP contribution in [0.25, 0.3) is 0 Å². The van der Waals surface area contributed by atoms with Crippen LogP contribution in [0.5, 0.6) is 0 Å². The second kappa shape index (κ2) is 28.9. The van der Waals surface area contributed by atoms with E-state index in [2.05, 4.69) is 33.3 Å². The summed E-state index contributed by atoms with van der Waals surface area (Å²) in [4.78, 5) is 7.25. The van der Waals surface area contributed by atoms with Crippen molar-refractivity contribution in [1.82, 2.24) is 5.59 Å². The summed E-state index contributed by atoms with van der Waals surface area (Å²) >= 11 is 0. The Morgan fingerprint density at radius 1 is 1.00 bits per heavy atom. The van der Waals surface area contributed by atoms with Crippen LogP contribution in [0, 0.1) is 68.8 Å². The Balaban J connectivity index is -0.0000000583. The van der Waals surface area contributed by atoms with Crippen molar-refractivity contribution in [1.29, 1.82) is 0 Å². The minimum absolute atomic E-state index is 0. The molecule has 1 aliphatic rings. The molecule has 0 atom stereocenters. The molecule has 0 spiro atoms. The molecular weight excluding hydrogens is 385 g/mol. The van der Waals surface area contributed by atoms with Gasteiger partial charge in [0.1, 0.15) is 5.59 Å². The second-order valence-corrected chi connectivity index (χ2v) is 3.42. The monoisotopic (exact) mass is 405 g/mol. The quantitative estimate of drug-likeness (QED) is 0.303. The number of rotatable bonds is 3. The van der Waals surface area contributed by atoms with Crippen LogP contribution in [0.4, 0.5) is 17.3 Å². The van der Waals surface area contributed by atoms with Gasteiger partial charge in [-0.1, -0.05) is 20.8 Å². The predicted octanol–water partition coefficient (Wildman–Crippen LogP) is 4.11. The molecule has 0 N–H and O–H groups in total. The van der Waals surface area contributed by atoms with Gasteiger partial charge in [-0.25, -0.2) is 0 Å². The summed E-state index contributed by atoms with van der Waals surface area (Å²) in [7, 11) is -6.00. The summed E-state index contributed by atoms with van der Waals surface area (Å²) in [6, 6.07) is 0.